The summed E-state index contributed by atoms with van der Waals surface area (Å²) in [5.74, 6) is 1.07. The molecule has 0 unspecified atom stereocenters. The van der Waals surface area contributed by atoms with Gasteiger partial charge in [-0.3, -0.25) is 0 Å². The van der Waals surface area contributed by atoms with Crippen LogP contribution in [0.2, 0.25) is 0 Å². The van der Waals surface area contributed by atoms with Crippen LogP contribution < -0.4 is 5.73 Å². The summed E-state index contributed by atoms with van der Waals surface area (Å²) >= 11 is 0. The molecule has 0 amide bonds. The van der Waals surface area contributed by atoms with Crippen molar-refractivity contribution in [1.82, 2.24) is 19.7 Å². The van der Waals surface area contributed by atoms with Crippen molar-refractivity contribution < 1.29 is 8.42 Å². The Kier molecular flexibility index (Phi) is 2.81. The molecule has 96 valence electrons. The van der Waals surface area contributed by atoms with Crippen molar-refractivity contribution in [3.8, 4) is 5.82 Å². The average Bonchev–Trinajstić information content (AvgIpc) is 2.57. The van der Waals surface area contributed by atoms with Crippen LogP contribution in [0.15, 0.2) is 17.2 Å². The maximum atomic E-state index is 11.5. The molecule has 2 aromatic rings. The molecule has 0 aliphatic heterocycles. The molecule has 0 aliphatic rings. The van der Waals surface area contributed by atoms with E-state index in [0.717, 1.165) is 11.9 Å². The van der Waals surface area contributed by atoms with Gasteiger partial charge in [0.15, 0.2) is 15.7 Å². The number of aromatic nitrogens is 4. The third kappa shape index (κ3) is 2.19. The van der Waals surface area contributed by atoms with Crippen LogP contribution in [0.5, 0.6) is 0 Å². The lowest BCUT2D eigenvalue weighted by Crippen LogP contribution is -2.08. The molecule has 0 aromatic carbocycles. The van der Waals surface area contributed by atoms with Crippen molar-refractivity contribution in [1.29, 1.82) is 0 Å². The topological polar surface area (TPSA) is 104 Å². The van der Waals surface area contributed by atoms with Gasteiger partial charge in [0, 0.05) is 18.0 Å². The molecular formula is C10H13N5O2S. The highest BCUT2D eigenvalue weighted by Crippen LogP contribution is 2.20. The fraction of sp³-hybridized carbons (Fsp3) is 0.300. The number of nitrogens with two attached hydrogens (primary N) is 1. The highest BCUT2D eigenvalue weighted by molar-refractivity contribution is 7.90. The van der Waals surface area contributed by atoms with E-state index in [2.05, 4.69) is 15.1 Å². The van der Waals surface area contributed by atoms with Crippen molar-refractivity contribution in [3.05, 3.63) is 23.8 Å². The minimum atomic E-state index is -3.39. The number of hydrogen-bond acceptors (Lipinski definition) is 6. The van der Waals surface area contributed by atoms with E-state index in [1.165, 1.54) is 10.9 Å². The van der Waals surface area contributed by atoms with Crippen molar-refractivity contribution in [2.24, 2.45) is 0 Å². The second kappa shape index (κ2) is 4.05. The van der Waals surface area contributed by atoms with Gasteiger partial charge in [-0.2, -0.15) is 9.78 Å². The Hall–Kier alpha value is -1.96. The second-order valence-corrected chi connectivity index (χ2v) is 5.98. The molecule has 2 aromatic heterocycles. The highest BCUT2D eigenvalue weighted by Gasteiger charge is 2.18. The average molecular weight is 267 g/mol. The van der Waals surface area contributed by atoms with Crippen LogP contribution in [0.4, 0.5) is 5.82 Å². The van der Waals surface area contributed by atoms with E-state index in [0.29, 0.717) is 11.6 Å². The number of sulfone groups is 1. The van der Waals surface area contributed by atoms with Crippen LogP contribution in [0.1, 0.15) is 11.5 Å². The van der Waals surface area contributed by atoms with Gasteiger partial charge < -0.3 is 5.73 Å². The zero-order valence-corrected chi connectivity index (χ0v) is 11.1. The summed E-state index contributed by atoms with van der Waals surface area (Å²) in [6.07, 6.45) is 2.30. The van der Waals surface area contributed by atoms with Gasteiger partial charge >= 0.3 is 0 Å². The first-order chi connectivity index (χ1) is 8.29. The van der Waals surface area contributed by atoms with Gasteiger partial charge in [0.2, 0.25) is 0 Å². The smallest absolute Gasteiger partial charge is 0.180 e. The Morgan fingerprint density at radius 1 is 1.28 bits per heavy atom. The predicted octanol–water partition coefficient (Wildman–Crippen LogP) is 0.265. The van der Waals surface area contributed by atoms with E-state index in [1.807, 2.05) is 6.92 Å². The monoisotopic (exact) mass is 267 g/mol. The molecule has 0 fully saturated rings. The molecule has 2 rings (SSSR count). The number of anilines is 1. The minimum absolute atomic E-state index is 0.00332. The molecule has 0 saturated heterocycles. The summed E-state index contributed by atoms with van der Waals surface area (Å²) in [7, 11) is -3.39. The summed E-state index contributed by atoms with van der Waals surface area (Å²) in [5, 5.41) is 3.96. The fourth-order valence-corrected chi connectivity index (χ4v) is 2.32. The van der Waals surface area contributed by atoms with Crippen LogP contribution in [-0.2, 0) is 9.84 Å². The van der Waals surface area contributed by atoms with Crippen molar-refractivity contribution >= 4 is 15.7 Å². The van der Waals surface area contributed by atoms with Gasteiger partial charge in [0.25, 0.3) is 0 Å². The number of nitrogens with zero attached hydrogens (tertiary/aromatic N) is 4. The lowest BCUT2D eigenvalue weighted by molar-refractivity contribution is 0.602. The molecule has 0 atom stereocenters. The van der Waals surface area contributed by atoms with E-state index < -0.39 is 9.84 Å². The Bertz CT molecular complexity index is 685. The number of hydrogen-bond donors (Lipinski definition) is 1. The lowest BCUT2D eigenvalue weighted by Gasteiger charge is -2.05. The Morgan fingerprint density at radius 2 is 1.94 bits per heavy atom. The van der Waals surface area contributed by atoms with E-state index >= 15 is 0 Å². The minimum Gasteiger partial charge on any atom is -0.382 e. The van der Waals surface area contributed by atoms with E-state index in [1.54, 1.807) is 13.0 Å². The van der Waals surface area contributed by atoms with Gasteiger partial charge in [0.05, 0.1) is 6.20 Å². The Balaban J connectivity index is 2.63. The lowest BCUT2D eigenvalue weighted by atomic mass is 10.4. The molecule has 0 saturated carbocycles. The first kappa shape index (κ1) is 12.5. The molecule has 8 heteroatoms. The summed E-state index contributed by atoms with van der Waals surface area (Å²) < 4.78 is 24.2. The van der Waals surface area contributed by atoms with Gasteiger partial charge in [-0.05, 0) is 13.8 Å². The van der Waals surface area contributed by atoms with Crippen LogP contribution in [-0.4, -0.2) is 34.4 Å². The van der Waals surface area contributed by atoms with Crippen molar-refractivity contribution in [3.63, 3.8) is 0 Å². The molecule has 2 heterocycles. The summed E-state index contributed by atoms with van der Waals surface area (Å²) in [4.78, 5) is 8.31. The number of rotatable bonds is 2. The standard InChI is InChI=1S/C10H13N5O2S/c1-6-4-9(14-7(2)13-6)15-10(11)8(5-12-15)18(3,16)17/h4-5H,11H2,1-3H3. The molecule has 2 N–H and O–H groups in total. The molecule has 18 heavy (non-hydrogen) atoms. The molecule has 7 nitrogen and oxygen atoms in total. The van der Waals surface area contributed by atoms with E-state index in [-0.39, 0.29) is 10.7 Å². The quantitative estimate of drug-likeness (QED) is 0.837. The van der Waals surface area contributed by atoms with Crippen molar-refractivity contribution in [2.45, 2.75) is 18.7 Å². The van der Waals surface area contributed by atoms with E-state index in [4.69, 9.17) is 5.73 Å². The number of aryl methyl sites for hydroxylation is 2. The van der Waals surface area contributed by atoms with Gasteiger partial charge in [-0.25, -0.2) is 18.4 Å². The summed E-state index contributed by atoms with van der Waals surface area (Å²) in [6, 6.07) is 1.68. The van der Waals surface area contributed by atoms with Crippen molar-refractivity contribution in [2.75, 3.05) is 12.0 Å². The summed E-state index contributed by atoms with van der Waals surface area (Å²) in [6.45, 7) is 3.56. The van der Waals surface area contributed by atoms with Crippen LogP contribution in [0, 0.1) is 13.8 Å². The first-order valence-electron chi connectivity index (χ1n) is 5.15. The Labute approximate surface area is 105 Å². The SMILES string of the molecule is Cc1cc(-n2ncc(S(C)(=O)=O)c2N)nc(C)n1. The molecule has 0 radical (unpaired) electrons. The van der Waals surface area contributed by atoms with E-state index in [9.17, 15) is 8.42 Å². The van der Waals surface area contributed by atoms with Gasteiger partial charge in [-0.15, -0.1) is 0 Å². The molecular weight excluding hydrogens is 254 g/mol. The largest absolute Gasteiger partial charge is 0.382 e. The Morgan fingerprint density at radius 3 is 2.44 bits per heavy atom. The van der Waals surface area contributed by atoms with Crippen LogP contribution in [0.3, 0.4) is 0 Å². The maximum absolute atomic E-state index is 11.5. The summed E-state index contributed by atoms with van der Waals surface area (Å²) in [5.41, 5.74) is 6.54. The second-order valence-electron chi connectivity index (χ2n) is 3.99. The highest BCUT2D eigenvalue weighted by atomic mass is 32.2. The predicted molar refractivity (Wildman–Crippen MR) is 66.2 cm³/mol. The molecule has 0 bridgehead atoms. The van der Waals surface area contributed by atoms with Crippen LogP contribution >= 0.6 is 0 Å². The fourth-order valence-electron chi connectivity index (χ4n) is 1.62. The van der Waals surface area contributed by atoms with Crippen LogP contribution in [0.25, 0.3) is 5.82 Å². The zero-order chi connectivity index (χ0) is 13.5. The first-order valence-corrected chi connectivity index (χ1v) is 7.04. The third-order valence-corrected chi connectivity index (χ3v) is 3.45. The zero-order valence-electron chi connectivity index (χ0n) is 10.2. The number of nitrogen functional groups attached to an aromatic ring is 1. The van der Waals surface area contributed by atoms with Gasteiger partial charge in [0.1, 0.15) is 16.5 Å². The maximum Gasteiger partial charge on any atom is 0.180 e. The normalized spacial score (nSPS) is 11.7. The molecule has 0 spiro atoms. The third-order valence-electron chi connectivity index (χ3n) is 2.34. The molecule has 0 aliphatic carbocycles. The van der Waals surface area contributed by atoms with Gasteiger partial charge in [-0.1, -0.05) is 0 Å².